The highest BCUT2D eigenvalue weighted by Gasteiger charge is 2.27. The summed E-state index contributed by atoms with van der Waals surface area (Å²) in [5.74, 6) is 0.0513. The van der Waals surface area contributed by atoms with Gasteiger partial charge in [0.15, 0.2) is 17.3 Å². The van der Waals surface area contributed by atoms with Crippen molar-refractivity contribution in [1.82, 2.24) is 0 Å². The average molecular weight is 526 g/mol. The van der Waals surface area contributed by atoms with Crippen LogP contribution < -0.4 is 24.3 Å². The van der Waals surface area contributed by atoms with Crippen molar-refractivity contribution in [2.24, 2.45) is 10.2 Å². The highest BCUT2D eigenvalue weighted by atomic mass is 35.5. The Morgan fingerprint density at radius 1 is 0.857 bits per heavy atom. The number of anilines is 1. The van der Waals surface area contributed by atoms with Gasteiger partial charge in [-0.15, -0.1) is 5.11 Å². The molecule has 11 heteroatoms. The average Bonchev–Trinajstić information content (AvgIpc) is 2.81. The second-order valence-electron chi connectivity index (χ2n) is 6.92. The largest absolute Gasteiger partial charge is 0.492 e. The number of carbonyl (C=O) groups is 2. The van der Waals surface area contributed by atoms with Gasteiger partial charge in [-0.1, -0.05) is 23.2 Å². The Bertz CT molecular complexity index is 1080. The number of hydrogen-bond donors (Lipinski definition) is 1. The van der Waals surface area contributed by atoms with Crippen molar-refractivity contribution in [1.29, 1.82) is 0 Å². The molecule has 0 aliphatic carbocycles. The molecule has 2 rings (SSSR count). The van der Waals surface area contributed by atoms with Gasteiger partial charge in [-0.2, -0.15) is 5.11 Å². The molecule has 1 N–H and O–H groups in total. The Morgan fingerprint density at radius 3 is 2.00 bits per heavy atom. The van der Waals surface area contributed by atoms with Crippen molar-refractivity contribution in [3.8, 4) is 23.0 Å². The fraction of sp³-hybridized carbons (Fsp3) is 0.417. The minimum Gasteiger partial charge on any atom is -0.492 e. The summed E-state index contributed by atoms with van der Waals surface area (Å²) in [6.45, 7) is 9.84. The molecule has 1 amide bonds. The number of halogens is 2. The second-order valence-corrected chi connectivity index (χ2v) is 7.71. The molecular formula is C24H29Cl2N3O6. The lowest BCUT2D eigenvalue weighted by molar-refractivity contribution is -0.126. The van der Waals surface area contributed by atoms with E-state index in [1.165, 1.54) is 6.92 Å². The maximum atomic E-state index is 13.1. The Hall–Kier alpha value is -3.04. The molecule has 2 aromatic carbocycles. The van der Waals surface area contributed by atoms with Crippen LogP contribution in [0.5, 0.6) is 23.0 Å². The van der Waals surface area contributed by atoms with Crippen LogP contribution in [0.1, 0.15) is 34.6 Å². The highest BCUT2D eigenvalue weighted by molar-refractivity contribution is 6.35. The molecule has 9 nitrogen and oxygen atoms in total. The van der Waals surface area contributed by atoms with Gasteiger partial charge in [0, 0.05) is 0 Å². The second kappa shape index (κ2) is 13.7. The van der Waals surface area contributed by atoms with Crippen molar-refractivity contribution in [3.63, 3.8) is 0 Å². The number of Topliss-reactive ketones (excluding diaryl/α,β-unsaturated/α-hetero) is 1. The summed E-state index contributed by atoms with van der Waals surface area (Å²) in [6, 6.07) is 4.98. The van der Waals surface area contributed by atoms with Crippen molar-refractivity contribution >= 4 is 46.3 Å². The lowest BCUT2D eigenvalue weighted by atomic mass is 10.2. The minimum absolute atomic E-state index is 0.143. The maximum absolute atomic E-state index is 13.1. The highest BCUT2D eigenvalue weighted by Crippen LogP contribution is 2.43. The zero-order valence-electron chi connectivity index (χ0n) is 20.3. The van der Waals surface area contributed by atoms with Gasteiger partial charge in [-0.3, -0.25) is 9.59 Å². The van der Waals surface area contributed by atoms with E-state index in [2.05, 4.69) is 15.5 Å². The van der Waals surface area contributed by atoms with Gasteiger partial charge in [-0.05, 0) is 58.9 Å². The van der Waals surface area contributed by atoms with Crippen molar-refractivity contribution in [2.45, 2.75) is 40.7 Å². The molecule has 0 bridgehead atoms. The zero-order valence-corrected chi connectivity index (χ0v) is 21.8. The zero-order chi connectivity index (χ0) is 26.0. The van der Waals surface area contributed by atoms with Gasteiger partial charge >= 0.3 is 0 Å². The van der Waals surface area contributed by atoms with Crippen LogP contribution >= 0.6 is 23.2 Å². The standard InChI is InChI=1S/C24H29Cl2N3O6/c1-6-32-16-12-13-17(33-7-2)22(19(16)26)29-28-20(14(5)30)24(31)27-21-15(25)10-11-18(34-8-3)23(21)35-9-4/h10-13,20H,6-9H2,1-5H3,(H,27,31). The van der Waals surface area contributed by atoms with E-state index in [-0.39, 0.29) is 27.2 Å². The fourth-order valence-electron chi connectivity index (χ4n) is 3.00. The molecule has 1 atom stereocenters. The van der Waals surface area contributed by atoms with E-state index in [1.54, 1.807) is 38.1 Å². The first-order chi connectivity index (χ1) is 16.8. The molecule has 190 valence electrons. The SMILES string of the molecule is CCOc1ccc(OCC)c(N=NC(C(C)=O)C(=O)Nc2c(Cl)ccc(OCC)c2OCC)c1Cl. The van der Waals surface area contributed by atoms with E-state index < -0.39 is 17.7 Å². The molecule has 35 heavy (non-hydrogen) atoms. The third kappa shape index (κ3) is 7.22. The summed E-state index contributed by atoms with van der Waals surface area (Å²) >= 11 is 12.8. The summed E-state index contributed by atoms with van der Waals surface area (Å²) in [7, 11) is 0. The molecule has 0 heterocycles. The van der Waals surface area contributed by atoms with Crippen LogP contribution in [-0.4, -0.2) is 44.2 Å². The molecule has 1 unspecified atom stereocenters. The van der Waals surface area contributed by atoms with Crippen LogP contribution in [-0.2, 0) is 9.59 Å². The first-order valence-corrected chi connectivity index (χ1v) is 11.9. The Balaban J connectivity index is 2.44. The molecular weight excluding hydrogens is 497 g/mol. The maximum Gasteiger partial charge on any atom is 0.258 e. The number of ketones is 1. The van der Waals surface area contributed by atoms with Gasteiger partial charge in [0.1, 0.15) is 27.9 Å². The topological polar surface area (TPSA) is 108 Å². The van der Waals surface area contributed by atoms with Gasteiger partial charge in [0.25, 0.3) is 5.91 Å². The van der Waals surface area contributed by atoms with E-state index >= 15 is 0 Å². The van der Waals surface area contributed by atoms with E-state index in [4.69, 9.17) is 42.1 Å². The Labute approximate surface area is 214 Å². The van der Waals surface area contributed by atoms with E-state index in [9.17, 15) is 9.59 Å². The third-order valence-corrected chi connectivity index (χ3v) is 5.14. The first kappa shape index (κ1) is 28.2. The van der Waals surface area contributed by atoms with Gasteiger partial charge < -0.3 is 24.3 Å². The quantitative estimate of drug-likeness (QED) is 0.244. The van der Waals surface area contributed by atoms with E-state index in [0.717, 1.165) is 0 Å². The summed E-state index contributed by atoms with van der Waals surface area (Å²) in [5, 5.41) is 11.1. The number of hydrogen-bond acceptors (Lipinski definition) is 8. The minimum atomic E-state index is -1.49. The number of amides is 1. The molecule has 0 saturated heterocycles. The predicted molar refractivity (Wildman–Crippen MR) is 135 cm³/mol. The lowest BCUT2D eigenvalue weighted by Gasteiger charge is -2.18. The van der Waals surface area contributed by atoms with Crippen LogP contribution in [0.2, 0.25) is 10.0 Å². The monoisotopic (exact) mass is 525 g/mol. The van der Waals surface area contributed by atoms with Crippen molar-refractivity contribution in [3.05, 3.63) is 34.3 Å². The van der Waals surface area contributed by atoms with E-state index in [1.807, 2.05) is 13.8 Å². The van der Waals surface area contributed by atoms with Gasteiger partial charge in [0.2, 0.25) is 6.04 Å². The molecule has 2 aromatic rings. The molecule has 0 fully saturated rings. The van der Waals surface area contributed by atoms with Crippen LogP contribution in [0.25, 0.3) is 0 Å². The molecule has 0 saturated carbocycles. The fourth-order valence-corrected chi connectivity index (χ4v) is 3.44. The first-order valence-electron chi connectivity index (χ1n) is 11.2. The summed E-state index contributed by atoms with van der Waals surface area (Å²) in [4.78, 5) is 25.4. The Morgan fingerprint density at radius 2 is 1.40 bits per heavy atom. The summed E-state index contributed by atoms with van der Waals surface area (Å²) < 4.78 is 22.3. The van der Waals surface area contributed by atoms with Crippen molar-refractivity contribution < 1.29 is 28.5 Å². The lowest BCUT2D eigenvalue weighted by Crippen LogP contribution is -2.32. The third-order valence-electron chi connectivity index (χ3n) is 4.46. The van der Waals surface area contributed by atoms with Crippen LogP contribution in [0, 0.1) is 0 Å². The van der Waals surface area contributed by atoms with E-state index in [0.29, 0.717) is 43.7 Å². The molecule has 0 radical (unpaired) electrons. The van der Waals surface area contributed by atoms with Crippen molar-refractivity contribution in [2.75, 3.05) is 31.7 Å². The van der Waals surface area contributed by atoms with Gasteiger partial charge in [0.05, 0.1) is 31.5 Å². The number of carbonyl (C=O) groups excluding carboxylic acids is 2. The molecule has 0 spiro atoms. The number of nitrogens with zero attached hydrogens (tertiary/aromatic N) is 2. The molecule has 0 aliphatic rings. The Kier molecular flexibility index (Phi) is 11.1. The molecule has 0 aliphatic heterocycles. The van der Waals surface area contributed by atoms with Crippen LogP contribution in [0.4, 0.5) is 11.4 Å². The van der Waals surface area contributed by atoms with Gasteiger partial charge in [-0.25, -0.2) is 0 Å². The summed E-state index contributed by atoms with van der Waals surface area (Å²) in [6.07, 6.45) is 0. The summed E-state index contributed by atoms with van der Waals surface area (Å²) in [5.41, 5.74) is 0.308. The van der Waals surface area contributed by atoms with Crippen LogP contribution in [0.3, 0.4) is 0 Å². The van der Waals surface area contributed by atoms with Crippen LogP contribution in [0.15, 0.2) is 34.5 Å². The number of benzene rings is 2. The number of ether oxygens (including phenoxy) is 4. The smallest absolute Gasteiger partial charge is 0.258 e. The predicted octanol–water partition coefficient (Wildman–Crippen LogP) is 6.27. The normalized spacial score (nSPS) is 11.7. The number of azo groups is 1. The number of rotatable bonds is 13. The number of nitrogens with one attached hydrogen (secondary N) is 1. The molecule has 0 aromatic heterocycles.